The summed E-state index contributed by atoms with van der Waals surface area (Å²) in [5.74, 6) is -1.10. The number of ketones is 1. The lowest BCUT2D eigenvalue weighted by molar-refractivity contribution is 0.0526. The fourth-order valence-electron chi connectivity index (χ4n) is 1.14. The van der Waals surface area contributed by atoms with Crippen molar-refractivity contribution in [1.82, 2.24) is 0 Å². The number of halogens is 3. The van der Waals surface area contributed by atoms with Crippen LogP contribution in [0.5, 0.6) is 0 Å². The first kappa shape index (κ1) is 14.3. The van der Waals surface area contributed by atoms with E-state index in [-0.39, 0.29) is 12.2 Å². The van der Waals surface area contributed by atoms with Crippen LogP contribution >= 0.6 is 34.8 Å². The van der Waals surface area contributed by atoms with E-state index in [0.717, 1.165) is 0 Å². The zero-order valence-electron chi connectivity index (χ0n) is 8.88. The van der Waals surface area contributed by atoms with Gasteiger partial charge in [-0.2, -0.15) is 0 Å². The normalized spacial score (nSPS) is 11.1. The van der Waals surface area contributed by atoms with Crippen molar-refractivity contribution in [3.05, 3.63) is 35.4 Å². The maximum absolute atomic E-state index is 11.6. The Labute approximate surface area is 114 Å². The Kier molecular flexibility index (Phi) is 4.80. The van der Waals surface area contributed by atoms with Gasteiger partial charge in [0.05, 0.1) is 12.2 Å². The zero-order valence-corrected chi connectivity index (χ0v) is 11.1. The number of hydrogen-bond donors (Lipinski definition) is 0. The molecule has 0 radical (unpaired) electrons. The monoisotopic (exact) mass is 294 g/mol. The summed E-state index contributed by atoms with van der Waals surface area (Å²) in [7, 11) is 0. The molecule has 0 aliphatic carbocycles. The van der Waals surface area contributed by atoms with Crippen molar-refractivity contribution >= 4 is 46.6 Å². The fraction of sp³-hybridized carbons (Fsp3) is 0.273. The standard InChI is InChI=1S/C11H9Cl3O3/c1-2-17-10(16)8-5-3-7(4-6-8)9(15)11(12,13)14/h3-6H,2H2,1H3. The van der Waals surface area contributed by atoms with E-state index in [2.05, 4.69) is 0 Å². The SMILES string of the molecule is CCOC(=O)c1ccc(C(=O)C(Cl)(Cl)Cl)cc1. The molecule has 0 aliphatic heterocycles. The summed E-state index contributed by atoms with van der Waals surface area (Å²) in [6, 6.07) is 5.72. The molecule has 0 fully saturated rings. The van der Waals surface area contributed by atoms with Crippen molar-refractivity contribution in [3.63, 3.8) is 0 Å². The molecule has 6 heteroatoms. The van der Waals surface area contributed by atoms with Crippen LogP contribution < -0.4 is 0 Å². The number of carbonyl (C=O) groups is 2. The lowest BCUT2D eigenvalue weighted by atomic mass is 10.1. The van der Waals surface area contributed by atoms with Crippen molar-refractivity contribution in [1.29, 1.82) is 0 Å². The minimum absolute atomic E-state index is 0.220. The molecule has 0 saturated heterocycles. The Hall–Kier alpha value is -0.770. The van der Waals surface area contributed by atoms with Crippen LogP contribution in [0.15, 0.2) is 24.3 Å². The molecule has 3 nitrogen and oxygen atoms in total. The summed E-state index contributed by atoms with van der Waals surface area (Å²) in [5.41, 5.74) is 0.561. The van der Waals surface area contributed by atoms with Crippen LogP contribution in [0.4, 0.5) is 0 Å². The highest BCUT2D eigenvalue weighted by Crippen LogP contribution is 2.30. The molecule has 0 amide bonds. The molecular weight excluding hydrogens is 286 g/mol. The number of Topliss-reactive ketones (excluding diaryl/α,β-unsaturated/α-hetero) is 1. The summed E-state index contributed by atoms with van der Waals surface area (Å²) in [6.45, 7) is 1.99. The maximum atomic E-state index is 11.6. The lowest BCUT2D eigenvalue weighted by Crippen LogP contribution is -2.19. The van der Waals surface area contributed by atoms with Crippen molar-refractivity contribution in [2.24, 2.45) is 0 Å². The van der Waals surface area contributed by atoms with Gasteiger partial charge in [0.25, 0.3) is 3.79 Å². The number of rotatable bonds is 3. The third-order valence-electron chi connectivity index (χ3n) is 1.92. The summed E-state index contributed by atoms with van der Waals surface area (Å²) < 4.78 is 2.80. The number of esters is 1. The molecule has 0 aromatic heterocycles. The average molecular weight is 296 g/mol. The second-order valence-corrected chi connectivity index (χ2v) is 5.41. The molecule has 92 valence electrons. The topological polar surface area (TPSA) is 43.4 Å². The minimum atomic E-state index is -1.99. The highest BCUT2D eigenvalue weighted by Gasteiger charge is 2.31. The van der Waals surface area contributed by atoms with E-state index < -0.39 is 15.5 Å². The van der Waals surface area contributed by atoms with E-state index in [1.54, 1.807) is 6.92 Å². The average Bonchev–Trinajstić information content (AvgIpc) is 2.27. The number of alkyl halides is 3. The van der Waals surface area contributed by atoms with Crippen molar-refractivity contribution < 1.29 is 14.3 Å². The number of ether oxygens (including phenoxy) is 1. The summed E-state index contributed by atoms with van der Waals surface area (Å²) >= 11 is 16.4. The van der Waals surface area contributed by atoms with Crippen molar-refractivity contribution in [2.75, 3.05) is 6.61 Å². The summed E-state index contributed by atoms with van der Waals surface area (Å²) in [6.07, 6.45) is 0. The molecular formula is C11H9Cl3O3. The van der Waals surface area contributed by atoms with Crippen LogP contribution in [0.3, 0.4) is 0 Å². The molecule has 17 heavy (non-hydrogen) atoms. The second kappa shape index (κ2) is 5.71. The van der Waals surface area contributed by atoms with Crippen molar-refractivity contribution in [3.8, 4) is 0 Å². The summed E-state index contributed by atoms with van der Waals surface area (Å²) in [5, 5.41) is 0. The van der Waals surface area contributed by atoms with Crippen LogP contribution in [-0.2, 0) is 4.74 Å². The fourth-order valence-corrected chi connectivity index (χ4v) is 1.46. The number of benzene rings is 1. The Balaban J connectivity index is 2.89. The van der Waals surface area contributed by atoms with Gasteiger partial charge in [0.2, 0.25) is 5.78 Å². The second-order valence-electron chi connectivity index (χ2n) is 3.12. The first-order chi connectivity index (χ1) is 7.86. The highest BCUT2D eigenvalue weighted by molar-refractivity contribution is 6.77. The predicted octanol–water partition coefficient (Wildman–Crippen LogP) is 3.42. The van der Waals surface area contributed by atoms with Crippen LogP contribution in [0, 0.1) is 0 Å². The minimum Gasteiger partial charge on any atom is -0.462 e. The maximum Gasteiger partial charge on any atom is 0.338 e. The highest BCUT2D eigenvalue weighted by atomic mass is 35.6. The van der Waals surface area contributed by atoms with Crippen LogP contribution in [-0.4, -0.2) is 22.2 Å². The van der Waals surface area contributed by atoms with Gasteiger partial charge in [-0.05, 0) is 19.1 Å². The summed E-state index contributed by atoms with van der Waals surface area (Å²) in [4.78, 5) is 22.9. The first-order valence-corrected chi connectivity index (χ1v) is 5.88. The van der Waals surface area contributed by atoms with E-state index >= 15 is 0 Å². The van der Waals surface area contributed by atoms with Crippen molar-refractivity contribution in [2.45, 2.75) is 10.7 Å². The van der Waals surface area contributed by atoms with Gasteiger partial charge in [0.1, 0.15) is 0 Å². The molecule has 0 spiro atoms. The Bertz CT molecular complexity index is 421. The Morgan fingerprint density at radius 3 is 2.00 bits per heavy atom. The lowest BCUT2D eigenvalue weighted by Gasteiger charge is -2.09. The molecule has 1 aromatic carbocycles. The molecule has 0 aliphatic rings. The van der Waals surface area contributed by atoms with Gasteiger partial charge >= 0.3 is 5.97 Å². The Morgan fingerprint density at radius 1 is 1.12 bits per heavy atom. The largest absolute Gasteiger partial charge is 0.462 e. The smallest absolute Gasteiger partial charge is 0.338 e. The molecule has 0 bridgehead atoms. The molecule has 1 rings (SSSR count). The first-order valence-electron chi connectivity index (χ1n) is 4.75. The quantitative estimate of drug-likeness (QED) is 0.487. The third kappa shape index (κ3) is 3.87. The van der Waals surface area contributed by atoms with E-state index in [0.29, 0.717) is 5.56 Å². The van der Waals surface area contributed by atoms with E-state index in [9.17, 15) is 9.59 Å². The van der Waals surface area contributed by atoms with Gasteiger partial charge < -0.3 is 4.74 Å². The molecule has 1 aromatic rings. The van der Waals surface area contributed by atoms with E-state index in [1.165, 1.54) is 24.3 Å². The van der Waals surface area contributed by atoms with Gasteiger partial charge in [-0.15, -0.1) is 0 Å². The molecule has 0 heterocycles. The van der Waals surface area contributed by atoms with Gasteiger partial charge in [0.15, 0.2) is 0 Å². The number of hydrogen-bond acceptors (Lipinski definition) is 3. The van der Waals surface area contributed by atoms with Crippen LogP contribution in [0.1, 0.15) is 27.6 Å². The molecule has 0 N–H and O–H groups in total. The Morgan fingerprint density at radius 2 is 1.59 bits per heavy atom. The van der Waals surface area contributed by atoms with E-state index in [1.807, 2.05) is 0 Å². The van der Waals surface area contributed by atoms with Gasteiger partial charge in [-0.1, -0.05) is 46.9 Å². The number of carbonyl (C=O) groups excluding carboxylic acids is 2. The predicted molar refractivity (Wildman–Crippen MR) is 67.0 cm³/mol. The zero-order chi connectivity index (χ0) is 13.1. The molecule has 0 unspecified atom stereocenters. The van der Waals surface area contributed by atoms with E-state index in [4.69, 9.17) is 39.5 Å². The third-order valence-corrected chi connectivity index (χ3v) is 2.43. The van der Waals surface area contributed by atoms with Gasteiger partial charge in [-0.3, -0.25) is 4.79 Å². The molecule has 0 saturated carbocycles. The van der Waals surface area contributed by atoms with Crippen LogP contribution in [0.2, 0.25) is 0 Å². The van der Waals surface area contributed by atoms with Gasteiger partial charge in [0, 0.05) is 5.56 Å². The molecule has 0 atom stereocenters. The van der Waals surface area contributed by atoms with Gasteiger partial charge in [-0.25, -0.2) is 4.79 Å². The van der Waals surface area contributed by atoms with Crippen LogP contribution in [0.25, 0.3) is 0 Å².